The molecule has 0 aliphatic rings. The number of carboxylic acid groups (broad SMARTS) is 1. The minimum absolute atomic E-state index is 0.0239. The van der Waals surface area contributed by atoms with Crippen molar-refractivity contribution in [3.05, 3.63) is 48.0 Å². The lowest BCUT2D eigenvalue weighted by Crippen LogP contribution is -2.21. The highest BCUT2D eigenvalue weighted by atomic mass is 31.1. The minimum atomic E-state index is -1.45. The molecule has 0 heterocycles. The molecule has 0 aromatic heterocycles. The second-order valence-corrected chi connectivity index (χ2v) is 7.26. The summed E-state index contributed by atoms with van der Waals surface area (Å²) in [5.74, 6) is -2.25. The van der Waals surface area contributed by atoms with Crippen molar-refractivity contribution in [3.63, 3.8) is 0 Å². The second-order valence-electron chi connectivity index (χ2n) is 5.57. The van der Waals surface area contributed by atoms with Crippen LogP contribution in [-0.4, -0.2) is 28.0 Å². The van der Waals surface area contributed by atoms with Crippen molar-refractivity contribution in [1.29, 1.82) is 0 Å². The highest BCUT2D eigenvalue weighted by Gasteiger charge is 2.22. The molecular weight excluding hydrogens is 313 g/mol. The molecule has 2 rings (SSSR count). The molecule has 0 saturated heterocycles. The molecule has 0 fully saturated rings. The van der Waals surface area contributed by atoms with Gasteiger partial charge in [-0.25, -0.2) is 0 Å². The van der Waals surface area contributed by atoms with Crippen LogP contribution in [0.25, 0.3) is 10.8 Å². The number of primary amides is 1. The van der Waals surface area contributed by atoms with E-state index >= 15 is 0 Å². The molecule has 2 unspecified atom stereocenters. The summed E-state index contributed by atoms with van der Waals surface area (Å²) < 4.78 is 0. The van der Waals surface area contributed by atoms with Crippen molar-refractivity contribution in [3.8, 4) is 0 Å². The summed E-state index contributed by atoms with van der Waals surface area (Å²) in [4.78, 5) is 32.3. The lowest BCUT2D eigenvalue weighted by molar-refractivity contribution is -0.141. The van der Waals surface area contributed by atoms with E-state index in [-0.39, 0.29) is 19.0 Å². The van der Waals surface area contributed by atoms with E-state index < -0.39 is 25.9 Å². The zero-order chi connectivity index (χ0) is 16.8. The molecule has 0 spiro atoms. The number of aliphatic carboxylic acids is 1. The highest BCUT2D eigenvalue weighted by Crippen LogP contribution is 2.38. The fourth-order valence-electron chi connectivity index (χ4n) is 2.48. The normalized spacial score (nSPS) is 13.6. The Hall–Kier alpha value is -1.97. The van der Waals surface area contributed by atoms with Crippen LogP contribution in [0.5, 0.6) is 0 Å². The first-order chi connectivity index (χ1) is 11.0. The van der Waals surface area contributed by atoms with E-state index in [4.69, 9.17) is 5.73 Å². The highest BCUT2D eigenvalue weighted by molar-refractivity contribution is 7.50. The van der Waals surface area contributed by atoms with Crippen molar-refractivity contribution < 1.29 is 19.6 Å². The van der Waals surface area contributed by atoms with Crippen LogP contribution in [-0.2, 0) is 15.8 Å². The van der Waals surface area contributed by atoms with Crippen molar-refractivity contribution in [1.82, 2.24) is 0 Å². The number of amides is 1. The second kappa shape index (κ2) is 8.04. The van der Waals surface area contributed by atoms with Gasteiger partial charge in [-0.3, -0.25) is 9.59 Å². The molecular formula is C17H20NO4P. The van der Waals surface area contributed by atoms with Gasteiger partial charge in [-0.05, 0) is 22.8 Å². The third-order valence-corrected chi connectivity index (χ3v) is 5.29. The molecule has 2 atom stereocenters. The molecule has 6 heteroatoms. The number of nitrogens with two attached hydrogens (primary N) is 1. The van der Waals surface area contributed by atoms with Crippen LogP contribution in [0.1, 0.15) is 18.4 Å². The number of fused-ring (bicyclic) bond motifs is 1. The molecule has 122 valence electrons. The molecule has 4 N–H and O–H groups in total. The number of hydrogen-bond acceptors (Lipinski definition) is 3. The summed E-state index contributed by atoms with van der Waals surface area (Å²) >= 11 is 0. The van der Waals surface area contributed by atoms with Crippen LogP contribution in [0, 0.1) is 5.92 Å². The Morgan fingerprint density at radius 1 is 1.13 bits per heavy atom. The van der Waals surface area contributed by atoms with Crippen molar-refractivity contribution >= 4 is 30.8 Å². The first-order valence-electron chi connectivity index (χ1n) is 7.38. The summed E-state index contributed by atoms with van der Waals surface area (Å²) in [6.45, 7) is 0. The van der Waals surface area contributed by atoms with Crippen LogP contribution in [0.2, 0.25) is 0 Å². The van der Waals surface area contributed by atoms with Gasteiger partial charge in [-0.2, -0.15) is 0 Å². The summed E-state index contributed by atoms with van der Waals surface area (Å²) in [5, 5.41) is 11.4. The quantitative estimate of drug-likeness (QED) is 0.647. The van der Waals surface area contributed by atoms with E-state index in [1.165, 1.54) is 0 Å². The van der Waals surface area contributed by atoms with Gasteiger partial charge in [0.05, 0.1) is 5.92 Å². The standard InChI is InChI=1S/C17H20NO4P/c18-16(19)8-7-15(17(20)21)11-23(22)10-12-5-6-13-3-1-2-4-14(13)9-12/h1-6,9,15,22H,7-8,10-11H2,(H2,18,19)(H,20,21). The lowest BCUT2D eigenvalue weighted by atomic mass is 10.1. The maximum Gasteiger partial charge on any atom is 0.306 e. The summed E-state index contributed by atoms with van der Waals surface area (Å²) in [6.07, 6.45) is 0.809. The van der Waals surface area contributed by atoms with Gasteiger partial charge in [0.15, 0.2) is 0 Å². The van der Waals surface area contributed by atoms with Crippen LogP contribution in [0.15, 0.2) is 42.5 Å². The SMILES string of the molecule is NC(=O)CCC(CP(O)Cc1ccc2ccccc2c1)C(=O)O. The maximum absolute atomic E-state index is 11.2. The van der Waals surface area contributed by atoms with Crippen LogP contribution < -0.4 is 5.73 Å². The number of hydrogen-bond donors (Lipinski definition) is 3. The third kappa shape index (κ3) is 5.31. The van der Waals surface area contributed by atoms with Gasteiger partial charge in [0.2, 0.25) is 5.91 Å². The average Bonchev–Trinajstić information content (AvgIpc) is 2.50. The molecule has 0 saturated carbocycles. The maximum atomic E-state index is 11.2. The van der Waals surface area contributed by atoms with Crippen LogP contribution in [0.3, 0.4) is 0 Å². The number of carbonyl (C=O) groups is 2. The van der Waals surface area contributed by atoms with Gasteiger partial charge in [0.1, 0.15) is 0 Å². The predicted molar refractivity (Wildman–Crippen MR) is 91.2 cm³/mol. The first kappa shape index (κ1) is 17.4. The fourth-order valence-corrected chi connectivity index (χ4v) is 4.07. The Balaban J connectivity index is 1.99. The van der Waals surface area contributed by atoms with E-state index in [1.807, 2.05) is 42.5 Å². The Morgan fingerprint density at radius 3 is 2.48 bits per heavy atom. The largest absolute Gasteiger partial charge is 0.481 e. The van der Waals surface area contributed by atoms with Gasteiger partial charge in [0, 0.05) is 26.9 Å². The minimum Gasteiger partial charge on any atom is -0.481 e. The Morgan fingerprint density at radius 2 is 1.83 bits per heavy atom. The molecule has 23 heavy (non-hydrogen) atoms. The molecule has 2 aromatic carbocycles. The van der Waals surface area contributed by atoms with Crippen molar-refractivity contribution in [2.45, 2.75) is 19.0 Å². The predicted octanol–water partition coefficient (Wildman–Crippen LogP) is 2.70. The molecule has 2 aromatic rings. The monoisotopic (exact) mass is 333 g/mol. The number of carboxylic acids is 1. The van der Waals surface area contributed by atoms with Gasteiger partial charge in [-0.1, -0.05) is 42.5 Å². The summed E-state index contributed by atoms with van der Waals surface area (Å²) in [7, 11) is -1.45. The number of benzene rings is 2. The summed E-state index contributed by atoms with van der Waals surface area (Å²) in [6, 6.07) is 13.9. The summed E-state index contributed by atoms with van der Waals surface area (Å²) in [5.41, 5.74) is 6.04. The van der Waals surface area contributed by atoms with Crippen LogP contribution >= 0.6 is 8.15 Å². The van der Waals surface area contributed by atoms with E-state index in [1.54, 1.807) is 0 Å². The van der Waals surface area contributed by atoms with Crippen molar-refractivity contribution in [2.75, 3.05) is 6.16 Å². The Bertz CT molecular complexity index is 704. The van der Waals surface area contributed by atoms with Gasteiger partial charge in [-0.15, -0.1) is 0 Å². The third-order valence-electron chi connectivity index (χ3n) is 3.70. The molecule has 0 aliphatic carbocycles. The van der Waals surface area contributed by atoms with Crippen molar-refractivity contribution in [2.24, 2.45) is 11.7 Å². The zero-order valence-electron chi connectivity index (χ0n) is 12.7. The van der Waals surface area contributed by atoms with Crippen LogP contribution in [0.4, 0.5) is 0 Å². The van der Waals surface area contributed by atoms with Gasteiger partial charge >= 0.3 is 5.97 Å². The fraction of sp³-hybridized carbons (Fsp3) is 0.294. The Labute approximate surface area is 136 Å². The molecule has 0 bridgehead atoms. The van der Waals surface area contributed by atoms with Gasteiger partial charge in [0.25, 0.3) is 0 Å². The smallest absolute Gasteiger partial charge is 0.306 e. The molecule has 5 nitrogen and oxygen atoms in total. The topological polar surface area (TPSA) is 101 Å². The first-order valence-corrected chi connectivity index (χ1v) is 9.05. The Kier molecular flexibility index (Phi) is 6.08. The average molecular weight is 333 g/mol. The molecule has 0 aliphatic heterocycles. The molecule has 1 amide bonds. The van der Waals surface area contributed by atoms with Gasteiger partial charge < -0.3 is 15.7 Å². The number of rotatable bonds is 8. The lowest BCUT2D eigenvalue weighted by Gasteiger charge is -2.16. The van der Waals surface area contributed by atoms with E-state index in [0.717, 1.165) is 16.3 Å². The van der Waals surface area contributed by atoms with E-state index in [2.05, 4.69) is 0 Å². The number of carbonyl (C=O) groups excluding carboxylic acids is 1. The zero-order valence-corrected chi connectivity index (χ0v) is 13.6. The molecule has 0 radical (unpaired) electrons. The van der Waals surface area contributed by atoms with E-state index in [9.17, 15) is 19.6 Å². The van der Waals surface area contributed by atoms with E-state index in [0.29, 0.717) is 6.16 Å².